The zero-order chi connectivity index (χ0) is 23.8. The summed E-state index contributed by atoms with van der Waals surface area (Å²) >= 11 is 1.30. The highest BCUT2D eigenvalue weighted by molar-refractivity contribution is 8.00. The summed E-state index contributed by atoms with van der Waals surface area (Å²) in [6.07, 6.45) is 0.513. The van der Waals surface area contributed by atoms with Crippen LogP contribution in [0.2, 0.25) is 0 Å². The first-order valence-electron chi connectivity index (χ1n) is 9.92. The van der Waals surface area contributed by atoms with Gasteiger partial charge in [-0.3, -0.25) is 4.79 Å². The molecule has 0 unspecified atom stereocenters. The molecule has 0 aliphatic carbocycles. The van der Waals surface area contributed by atoms with Gasteiger partial charge in [-0.25, -0.2) is 4.98 Å². The van der Waals surface area contributed by atoms with Crippen LogP contribution in [-0.2, 0) is 21.7 Å². The van der Waals surface area contributed by atoms with Crippen LogP contribution in [0.3, 0.4) is 0 Å². The van der Waals surface area contributed by atoms with Crippen molar-refractivity contribution in [3.8, 4) is 17.2 Å². The average molecular weight is 498 g/mol. The van der Waals surface area contributed by atoms with Crippen molar-refractivity contribution < 1.29 is 31.9 Å². The van der Waals surface area contributed by atoms with Gasteiger partial charge in [-0.15, -0.1) is 11.8 Å². The van der Waals surface area contributed by atoms with E-state index in [1.54, 1.807) is 19.1 Å². The van der Waals surface area contributed by atoms with Crippen molar-refractivity contribution in [3.05, 3.63) is 65.5 Å². The first-order valence-corrected chi connectivity index (χ1v) is 11.9. The number of benzene rings is 2. The molecular formula is C23H22F3NO4S2. The smallest absolute Gasteiger partial charge is 0.446 e. The van der Waals surface area contributed by atoms with Crippen LogP contribution in [0, 0.1) is 6.92 Å². The molecule has 1 heterocycles. The third-order valence-corrected chi connectivity index (χ3v) is 6.17. The summed E-state index contributed by atoms with van der Waals surface area (Å²) in [4.78, 5) is 15.8. The number of esters is 1. The Bertz CT molecular complexity index is 1070. The van der Waals surface area contributed by atoms with Gasteiger partial charge < -0.3 is 13.9 Å². The molecule has 0 aliphatic heterocycles. The molecule has 176 valence electrons. The van der Waals surface area contributed by atoms with Crippen LogP contribution in [0.25, 0.3) is 11.5 Å². The molecule has 3 rings (SSSR count). The maximum Gasteiger partial charge on any atom is 0.446 e. The minimum absolute atomic E-state index is 0.106. The summed E-state index contributed by atoms with van der Waals surface area (Å²) in [6.45, 7) is 2.17. The number of aromatic nitrogens is 1. The van der Waals surface area contributed by atoms with Crippen LogP contribution in [0.15, 0.2) is 57.8 Å². The molecule has 0 radical (unpaired) electrons. The third kappa shape index (κ3) is 8.04. The maximum atomic E-state index is 12.5. The van der Waals surface area contributed by atoms with Crippen LogP contribution in [0.1, 0.15) is 17.0 Å². The SMILES string of the molecule is COC(=O)CSCc1cccc(OCCc2nc(-c3ccc(SC(F)(F)F)cc3)oc2C)c1. The summed E-state index contributed by atoms with van der Waals surface area (Å²) in [5.41, 5.74) is -1.96. The Morgan fingerprint density at radius 2 is 1.91 bits per heavy atom. The fraction of sp³-hybridized carbons (Fsp3) is 0.304. The van der Waals surface area contributed by atoms with Gasteiger partial charge in [0.25, 0.3) is 0 Å². The first kappa shape index (κ1) is 25.0. The molecule has 0 amide bonds. The number of oxazole rings is 1. The summed E-state index contributed by atoms with van der Waals surface area (Å²) in [7, 11) is 1.37. The van der Waals surface area contributed by atoms with Crippen LogP contribution < -0.4 is 4.74 Å². The van der Waals surface area contributed by atoms with E-state index in [0.717, 1.165) is 11.3 Å². The number of thioether (sulfide) groups is 2. The number of carbonyl (C=O) groups is 1. The fourth-order valence-corrected chi connectivity index (χ4v) is 4.23. The lowest BCUT2D eigenvalue weighted by atomic mass is 10.2. The van der Waals surface area contributed by atoms with E-state index >= 15 is 0 Å². The number of methoxy groups -OCH3 is 1. The predicted molar refractivity (Wildman–Crippen MR) is 122 cm³/mol. The largest absolute Gasteiger partial charge is 0.493 e. The van der Waals surface area contributed by atoms with Gasteiger partial charge in [-0.2, -0.15) is 13.2 Å². The summed E-state index contributed by atoms with van der Waals surface area (Å²) in [6, 6.07) is 13.5. The zero-order valence-corrected chi connectivity index (χ0v) is 19.6. The molecule has 0 atom stereocenters. The summed E-state index contributed by atoms with van der Waals surface area (Å²) in [5, 5.41) is 0. The number of halogens is 3. The zero-order valence-electron chi connectivity index (χ0n) is 18.0. The molecule has 10 heteroatoms. The lowest BCUT2D eigenvalue weighted by Crippen LogP contribution is -2.04. The molecule has 0 spiro atoms. The molecule has 0 fully saturated rings. The molecule has 1 aromatic heterocycles. The Morgan fingerprint density at radius 1 is 1.15 bits per heavy atom. The van der Waals surface area contributed by atoms with E-state index in [2.05, 4.69) is 9.72 Å². The van der Waals surface area contributed by atoms with Crippen LogP contribution in [0.4, 0.5) is 13.2 Å². The summed E-state index contributed by atoms with van der Waals surface area (Å²) < 4.78 is 53.6. The van der Waals surface area contributed by atoms with Crippen molar-refractivity contribution in [2.24, 2.45) is 0 Å². The lowest BCUT2D eigenvalue weighted by Gasteiger charge is -2.07. The Morgan fingerprint density at radius 3 is 2.61 bits per heavy atom. The second-order valence-corrected chi connectivity index (χ2v) is 9.03. The van der Waals surface area contributed by atoms with Crippen LogP contribution >= 0.6 is 23.5 Å². The number of alkyl halides is 3. The van der Waals surface area contributed by atoms with Gasteiger partial charge in [0.2, 0.25) is 5.89 Å². The van der Waals surface area contributed by atoms with Gasteiger partial charge in [-0.05, 0) is 60.6 Å². The van der Waals surface area contributed by atoms with Crippen molar-refractivity contribution in [1.82, 2.24) is 4.98 Å². The average Bonchev–Trinajstić information content (AvgIpc) is 3.14. The number of carbonyl (C=O) groups excluding carboxylic acids is 1. The van der Waals surface area contributed by atoms with E-state index in [9.17, 15) is 18.0 Å². The number of rotatable bonds is 10. The van der Waals surface area contributed by atoms with E-state index in [1.807, 2.05) is 24.3 Å². The minimum atomic E-state index is -4.32. The molecule has 2 aromatic carbocycles. The van der Waals surface area contributed by atoms with E-state index in [1.165, 1.54) is 31.0 Å². The highest BCUT2D eigenvalue weighted by Crippen LogP contribution is 2.37. The van der Waals surface area contributed by atoms with Crippen LogP contribution in [-0.4, -0.2) is 35.9 Å². The number of aryl methyl sites for hydroxylation is 1. The number of ether oxygens (including phenoxy) is 2. The number of hydrogen-bond acceptors (Lipinski definition) is 7. The third-order valence-electron chi connectivity index (χ3n) is 4.45. The number of hydrogen-bond donors (Lipinski definition) is 0. The van der Waals surface area contributed by atoms with E-state index in [-0.39, 0.29) is 22.6 Å². The highest BCUT2D eigenvalue weighted by Gasteiger charge is 2.29. The Labute approximate surface area is 198 Å². The first-order chi connectivity index (χ1) is 15.7. The molecule has 3 aromatic rings. The van der Waals surface area contributed by atoms with Crippen molar-refractivity contribution >= 4 is 29.5 Å². The minimum Gasteiger partial charge on any atom is -0.493 e. The summed E-state index contributed by atoms with van der Waals surface area (Å²) in [5.74, 6) is 2.40. The van der Waals surface area contributed by atoms with E-state index in [4.69, 9.17) is 9.15 Å². The monoisotopic (exact) mass is 497 g/mol. The van der Waals surface area contributed by atoms with Crippen molar-refractivity contribution in [3.63, 3.8) is 0 Å². The molecule has 0 saturated carbocycles. The van der Waals surface area contributed by atoms with Gasteiger partial charge >= 0.3 is 11.5 Å². The van der Waals surface area contributed by atoms with Crippen molar-refractivity contribution in [1.29, 1.82) is 0 Å². The van der Waals surface area contributed by atoms with Gasteiger partial charge in [0.1, 0.15) is 11.5 Å². The maximum absolute atomic E-state index is 12.5. The molecule has 0 saturated heterocycles. The van der Waals surface area contributed by atoms with Gasteiger partial charge in [0.15, 0.2) is 0 Å². The molecule has 5 nitrogen and oxygen atoms in total. The molecule has 0 N–H and O–H groups in total. The second kappa shape index (κ2) is 11.5. The van der Waals surface area contributed by atoms with Gasteiger partial charge in [-0.1, -0.05) is 12.1 Å². The topological polar surface area (TPSA) is 61.6 Å². The Kier molecular flexibility index (Phi) is 8.74. The predicted octanol–water partition coefficient (Wildman–Crippen LogP) is 6.29. The van der Waals surface area contributed by atoms with E-state index < -0.39 is 5.51 Å². The molecule has 0 aliphatic rings. The van der Waals surface area contributed by atoms with E-state index in [0.29, 0.717) is 47.5 Å². The molecular weight excluding hydrogens is 475 g/mol. The Balaban J connectivity index is 1.53. The Hall–Kier alpha value is -2.59. The van der Waals surface area contributed by atoms with Gasteiger partial charge in [0, 0.05) is 22.6 Å². The normalized spacial score (nSPS) is 11.4. The van der Waals surface area contributed by atoms with Crippen LogP contribution in [0.5, 0.6) is 5.75 Å². The number of nitrogens with zero attached hydrogens (tertiary/aromatic N) is 1. The highest BCUT2D eigenvalue weighted by atomic mass is 32.2. The molecule has 33 heavy (non-hydrogen) atoms. The molecule has 0 bridgehead atoms. The standard InChI is InChI=1S/C23H22F3NO4S2/c1-15-20(27-22(31-15)17-6-8-19(9-7-17)33-23(24,25)26)10-11-30-18-5-3-4-16(12-18)13-32-14-21(28)29-2/h3-9,12H,10-11,13-14H2,1-2H3. The van der Waals surface area contributed by atoms with Crippen molar-refractivity contribution in [2.45, 2.75) is 29.5 Å². The second-order valence-electron chi connectivity index (χ2n) is 6.91. The quantitative estimate of drug-likeness (QED) is 0.241. The van der Waals surface area contributed by atoms with Crippen molar-refractivity contribution in [2.75, 3.05) is 19.5 Å². The van der Waals surface area contributed by atoms with Gasteiger partial charge in [0.05, 0.1) is 25.2 Å². The lowest BCUT2D eigenvalue weighted by molar-refractivity contribution is -0.137. The fourth-order valence-electron chi connectivity index (χ4n) is 2.88.